The molecule has 4 rings (SSSR count). The molecule has 154 valence electrons. The zero-order valence-corrected chi connectivity index (χ0v) is 17.6. The van der Waals surface area contributed by atoms with E-state index in [1.165, 1.54) is 0 Å². The van der Waals surface area contributed by atoms with Gasteiger partial charge in [-0.05, 0) is 48.9 Å². The summed E-state index contributed by atoms with van der Waals surface area (Å²) in [5.74, 6) is 0.150. The highest BCUT2D eigenvalue weighted by atomic mass is 35.5. The number of aromatic nitrogens is 1. The lowest BCUT2D eigenvalue weighted by atomic mass is 10.1. The molecule has 0 bridgehead atoms. The maximum absolute atomic E-state index is 11.9. The molecular formula is C25H19ClN2O3. The van der Waals surface area contributed by atoms with Gasteiger partial charge < -0.3 is 14.0 Å². The second-order valence-electron chi connectivity index (χ2n) is 6.87. The molecule has 6 heteroatoms. The fraction of sp³-hybridized carbons (Fsp3) is 0.120. The van der Waals surface area contributed by atoms with Gasteiger partial charge in [-0.1, -0.05) is 41.9 Å². The molecule has 0 aliphatic carbocycles. The van der Waals surface area contributed by atoms with E-state index >= 15 is 0 Å². The van der Waals surface area contributed by atoms with Crippen molar-refractivity contribution in [3.8, 4) is 17.5 Å². The van der Waals surface area contributed by atoms with Crippen LogP contribution >= 0.6 is 11.6 Å². The van der Waals surface area contributed by atoms with Crippen molar-refractivity contribution in [1.82, 2.24) is 4.57 Å². The van der Waals surface area contributed by atoms with Crippen LogP contribution < -0.4 is 4.74 Å². The van der Waals surface area contributed by atoms with E-state index in [0.717, 1.165) is 22.2 Å². The van der Waals surface area contributed by atoms with Gasteiger partial charge >= 0.3 is 5.97 Å². The van der Waals surface area contributed by atoms with E-state index in [0.29, 0.717) is 35.1 Å². The lowest BCUT2D eigenvalue weighted by Gasteiger charge is -2.11. The van der Waals surface area contributed by atoms with Gasteiger partial charge in [0.15, 0.2) is 0 Å². The molecule has 31 heavy (non-hydrogen) atoms. The van der Waals surface area contributed by atoms with Crippen molar-refractivity contribution in [1.29, 1.82) is 5.26 Å². The topological polar surface area (TPSA) is 64.2 Å². The molecular weight excluding hydrogens is 412 g/mol. The number of esters is 1. The highest BCUT2D eigenvalue weighted by Gasteiger charge is 2.15. The molecule has 1 aromatic heterocycles. The lowest BCUT2D eigenvalue weighted by molar-refractivity contribution is 0.0526. The molecule has 0 N–H and O–H groups in total. The Bertz CT molecular complexity index is 1270. The quantitative estimate of drug-likeness (QED) is 0.356. The number of fused-ring (bicyclic) bond motifs is 1. The van der Waals surface area contributed by atoms with Gasteiger partial charge in [-0.3, -0.25) is 0 Å². The number of hydrogen-bond donors (Lipinski definition) is 0. The van der Waals surface area contributed by atoms with E-state index in [1.807, 2.05) is 34.9 Å². The molecule has 0 radical (unpaired) electrons. The molecule has 0 aliphatic heterocycles. The van der Waals surface area contributed by atoms with E-state index in [-0.39, 0.29) is 5.97 Å². The minimum absolute atomic E-state index is 0.321. The van der Waals surface area contributed by atoms with Crippen molar-refractivity contribution >= 4 is 28.5 Å². The molecule has 0 atom stereocenters. The van der Waals surface area contributed by atoms with Crippen LogP contribution in [0.1, 0.15) is 28.4 Å². The lowest BCUT2D eigenvalue weighted by Crippen LogP contribution is -2.04. The van der Waals surface area contributed by atoms with Crippen LogP contribution in [-0.4, -0.2) is 17.1 Å². The first-order valence-corrected chi connectivity index (χ1v) is 10.2. The van der Waals surface area contributed by atoms with Crippen LogP contribution in [-0.2, 0) is 11.3 Å². The smallest absolute Gasteiger partial charge is 0.338 e. The monoisotopic (exact) mass is 430 g/mol. The SMILES string of the molecule is CCOC(=O)c1ccc(-n2cc(C#N)c3cc(OCc4ccccc4)c(Cl)cc32)cc1. The summed E-state index contributed by atoms with van der Waals surface area (Å²) < 4.78 is 12.8. The van der Waals surface area contributed by atoms with E-state index in [4.69, 9.17) is 21.1 Å². The second-order valence-corrected chi connectivity index (χ2v) is 7.27. The van der Waals surface area contributed by atoms with Gasteiger partial charge in [-0.25, -0.2) is 4.79 Å². The molecule has 0 saturated heterocycles. The molecule has 5 nitrogen and oxygen atoms in total. The van der Waals surface area contributed by atoms with Crippen molar-refractivity contribution < 1.29 is 14.3 Å². The largest absolute Gasteiger partial charge is 0.487 e. The highest BCUT2D eigenvalue weighted by molar-refractivity contribution is 6.32. The summed E-state index contributed by atoms with van der Waals surface area (Å²) >= 11 is 6.50. The minimum atomic E-state index is -0.368. The standard InChI is InChI=1S/C25H19ClN2O3/c1-2-30-25(29)18-8-10-20(11-9-18)28-15-19(14-27)21-12-24(22(26)13-23(21)28)31-16-17-6-4-3-5-7-17/h3-13,15H,2,16H2,1H3. The average molecular weight is 431 g/mol. The fourth-order valence-electron chi connectivity index (χ4n) is 3.35. The number of nitriles is 1. The minimum Gasteiger partial charge on any atom is -0.487 e. The maximum atomic E-state index is 11.9. The van der Waals surface area contributed by atoms with Crippen molar-refractivity contribution in [2.45, 2.75) is 13.5 Å². The molecule has 0 spiro atoms. The van der Waals surface area contributed by atoms with E-state index in [2.05, 4.69) is 6.07 Å². The number of ether oxygens (including phenoxy) is 2. The Kier molecular flexibility index (Phi) is 5.92. The summed E-state index contributed by atoms with van der Waals surface area (Å²) in [7, 11) is 0. The summed E-state index contributed by atoms with van der Waals surface area (Å²) in [4.78, 5) is 11.9. The molecule has 0 aliphatic rings. The molecule has 0 fully saturated rings. The summed E-state index contributed by atoms with van der Waals surface area (Å²) in [5, 5.41) is 10.8. The van der Waals surface area contributed by atoms with Crippen LogP contribution in [0.3, 0.4) is 0 Å². The van der Waals surface area contributed by atoms with Crippen LogP contribution in [0.5, 0.6) is 5.75 Å². The van der Waals surface area contributed by atoms with Crippen molar-refractivity contribution in [3.63, 3.8) is 0 Å². The van der Waals surface area contributed by atoms with Gasteiger partial charge in [0.1, 0.15) is 18.4 Å². The average Bonchev–Trinajstić information content (AvgIpc) is 3.15. The third-order valence-electron chi connectivity index (χ3n) is 4.87. The van der Waals surface area contributed by atoms with Crippen LogP contribution in [0.2, 0.25) is 5.02 Å². The van der Waals surface area contributed by atoms with Gasteiger partial charge in [0.05, 0.1) is 28.3 Å². The number of benzene rings is 3. The van der Waals surface area contributed by atoms with Crippen LogP contribution in [0.4, 0.5) is 0 Å². The first kappa shape index (κ1) is 20.5. The van der Waals surface area contributed by atoms with Gasteiger partial charge in [0.25, 0.3) is 0 Å². The highest BCUT2D eigenvalue weighted by Crippen LogP contribution is 2.34. The number of hydrogen-bond acceptors (Lipinski definition) is 4. The third kappa shape index (κ3) is 4.25. The Hall–Kier alpha value is -3.75. The van der Waals surface area contributed by atoms with Crippen LogP contribution in [0.15, 0.2) is 72.9 Å². The Morgan fingerprint density at radius 1 is 1.10 bits per heavy atom. The zero-order valence-electron chi connectivity index (χ0n) is 16.8. The Morgan fingerprint density at radius 2 is 1.84 bits per heavy atom. The number of halogens is 1. The first-order valence-electron chi connectivity index (χ1n) is 9.79. The predicted octanol–water partition coefficient (Wildman–Crippen LogP) is 5.91. The summed E-state index contributed by atoms with van der Waals surface area (Å²) in [5.41, 5.74) is 3.58. The molecule has 0 saturated carbocycles. The fourth-order valence-corrected chi connectivity index (χ4v) is 3.56. The van der Waals surface area contributed by atoms with Gasteiger partial charge in [-0.2, -0.15) is 5.26 Å². The van der Waals surface area contributed by atoms with Crippen LogP contribution in [0.25, 0.3) is 16.6 Å². The molecule has 0 unspecified atom stereocenters. The van der Waals surface area contributed by atoms with E-state index in [9.17, 15) is 10.1 Å². The normalized spacial score (nSPS) is 10.6. The molecule has 3 aromatic carbocycles. The van der Waals surface area contributed by atoms with Crippen LogP contribution in [0, 0.1) is 11.3 Å². The van der Waals surface area contributed by atoms with E-state index < -0.39 is 0 Å². The Balaban J connectivity index is 1.69. The first-order chi connectivity index (χ1) is 15.1. The predicted molar refractivity (Wildman–Crippen MR) is 120 cm³/mol. The number of carbonyl (C=O) groups is 1. The van der Waals surface area contributed by atoms with Crippen molar-refractivity contribution in [2.75, 3.05) is 6.61 Å². The summed E-state index contributed by atoms with van der Waals surface area (Å²) in [6, 6.07) is 22.6. The number of carbonyl (C=O) groups excluding carboxylic acids is 1. The van der Waals surface area contributed by atoms with Crippen molar-refractivity contribution in [2.24, 2.45) is 0 Å². The Labute approximate surface area is 185 Å². The van der Waals surface area contributed by atoms with Gasteiger partial charge in [-0.15, -0.1) is 0 Å². The maximum Gasteiger partial charge on any atom is 0.338 e. The van der Waals surface area contributed by atoms with Crippen molar-refractivity contribution in [3.05, 3.63) is 94.6 Å². The number of nitrogens with zero attached hydrogens (tertiary/aromatic N) is 2. The Morgan fingerprint density at radius 3 is 2.52 bits per heavy atom. The third-order valence-corrected chi connectivity index (χ3v) is 5.17. The van der Waals surface area contributed by atoms with Gasteiger partial charge in [0.2, 0.25) is 0 Å². The van der Waals surface area contributed by atoms with E-state index in [1.54, 1.807) is 49.5 Å². The second kappa shape index (κ2) is 8.95. The zero-order chi connectivity index (χ0) is 21.8. The summed E-state index contributed by atoms with van der Waals surface area (Å²) in [6.07, 6.45) is 1.75. The number of rotatable bonds is 6. The van der Waals surface area contributed by atoms with Gasteiger partial charge in [0, 0.05) is 17.3 Å². The summed E-state index contributed by atoms with van der Waals surface area (Å²) in [6.45, 7) is 2.47. The molecule has 4 aromatic rings. The molecule has 0 amide bonds. The molecule has 1 heterocycles.